The minimum absolute atomic E-state index is 0.00000884. The number of pyridine rings is 1. The van der Waals surface area contributed by atoms with Crippen molar-refractivity contribution in [3.05, 3.63) is 111 Å². The lowest BCUT2D eigenvalue weighted by Gasteiger charge is -2.28. The number of fused-ring (bicyclic) bond motifs is 1. The number of rotatable bonds is 8. The number of hydrogen-bond donors (Lipinski definition) is 1. The van der Waals surface area contributed by atoms with Crippen molar-refractivity contribution in [3.63, 3.8) is 0 Å². The van der Waals surface area contributed by atoms with Gasteiger partial charge in [0, 0.05) is 28.5 Å². The summed E-state index contributed by atoms with van der Waals surface area (Å²) in [4.78, 5) is 20.8. The molecule has 0 bridgehead atoms. The second kappa shape index (κ2) is 11.6. The highest BCUT2D eigenvalue weighted by molar-refractivity contribution is 6.31. The zero-order chi connectivity index (χ0) is 31.2. The zero-order valence-electron chi connectivity index (χ0n) is 24.4. The highest BCUT2D eigenvalue weighted by Gasteiger charge is 2.39. The first-order chi connectivity index (χ1) is 21.0. The van der Waals surface area contributed by atoms with Crippen molar-refractivity contribution < 1.29 is 28.2 Å². The van der Waals surface area contributed by atoms with Crippen molar-refractivity contribution in [1.82, 2.24) is 14.5 Å². The van der Waals surface area contributed by atoms with Crippen molar-refractivity contribution in [2.75, 3.05) is 13.2 Å². The summed E-state index contributed by atoms with van der Waals surface area (Å²) < 4.78 is 44.7. The standard InChI is InChI=1S/C34H30ClF2N3O4/c1-19-7-8-20(11-24(19)35)16-44-32-6-4-5-27(39-32)23-15-25(36)22(12-26(23)37)14-31-38-28-10-9-21(33(41)42)13-29(28)40(31)30-17-43-18-34(30,2)3/h4-13,15,30H,14,16-18H2,1-3H3,(H,41,42). The monoisotopic (exact) mass is 617 g/mol. The third-order valence-corrected chi connectivity index (χ3v) is 8.49. The van der Waals surface area contributed by atoms with E-state index in [-0.39, 0.29) is 52.7 Å². The van der Waals surface area contributed by atoms with E-state index >= 15 is 8.78 Å². The van der Waals surface area contributed by atoms with E-state index in [2.05, 4.69) is 18.8 Å². The number of imidazole rings is 1. The van der Waals surface area contributed by atoms with Gasteiger partial charge in [0.25, 0.3) is 0 Å². The molecule has 3 aromatic carbocycles. The van der Waals surface area contributed by atoms with Crippen molar-refractivity contribution in [3.8, 4) is 17.1 Å². The molecule has 1 fully saturated rings. The molecule has 0 saturated carbocycles. The number of benzene rings is 3. The molecular formula is C34H30ClF2N3O4. The van der Waals surface area contributed by atoms with Crippen molar-refractivity contribution in [2.45, 2.75) is 39.8 Å². The summed E-state index contributed by atoms with van der Waals surface area (Å²) in [7, 11) is 0. The van der Waals surface area contributed by atoms with E-state index in [9.17, 15) is 9.90 Å². The number of nitrogens with zero attached hydrogens (tertiary/aromatic N) is 3. The molecule has 0 spiro atoms. The summed E-state index contributed by atoms with van der Waals surface area (Å²) >= 11 is 6.21. The molecule has 1 aliphatic heterocycles. The quantitative estimate of drug-likeness (QED) is 0.191. The number of ether oxygens (including phenoxy) is 2. The summed E-state index contributed by atoms with van der Waals surface area (Å²) in [5, 5.41) is 10.2. The van der Waals surface area contributed by atoms with E-state index in [1.54, 1.807) is 30.3 Å². The van der Waals surface area contributed by atoms with Gasteiger partial charge in [-0.3, -0.25) is 0 Å². The number of aromatic carboxylic acids is 1. The van der Waals surface area contributed by atoms with Crippen molar-refractivity contribution in [1.29, 1.82) is 0 Å². The van der Waals surface area contributed by atoms with Gasteiger partial charge < -0.3 is 19.1 Å². The fraction of sp³-hybridized carbons (Fsp3) is 0.265. The van der Waals surface area contributed by atoms with E-state index < -0.39 is 17.6 Å². The summed E-state index contributed by atoms with van der Waals surface area (Å²) in [5.74, 6) is -1.57. The minimum atomic E-state index is -1.06. The minimum Gasteiger partial charge on any atom is -0.478 e. The highest BCUT2D eigenvalue weighted by Crippen LogP contribution is 2.40. The predicted molar refractivity (Wildman–Crippen MR) is 163 cm³/mol. The molecule has 0 radical (unpaired) electrons. The molecule has 5 aromatic rings. The smallest absolute Gasteiger partial charge is 0.335 e. The number of carboxylic acid groups (broad SMARTS) is 1. The van der Waals surface area contributed by atoms with Crippen molar-refractivity contribution in [2.24, 2.45) is 5.41 Å². The molecule has 1 saturated heterocycles. The number of halogens is 3. The third-order valence-electron chi connectivity index (χ3n) is 8.08. The predicted octanol–water partition coefficient (Wildman–Crippen LogP) is 7.80. The summed E-state index contributed by atoms with van der Waals surface area (Å²) in [6, 6.07) is 17.3. The molecular weight excluding hydrogens is 588 g/mol. The topological polar surface area (TPSA) is 86.5 Å². The molecule has 1 unspecified atom stereocenters. The van der Waals surface area contributed by atoms with Crippen LogP contribution in [0.25, 0.3) is 22.3 Å². The Kier molecular flexibility index (Phi) is 7.86. The zero-order valence-corrected chi connectivity index (χ0v) is 25.2. The molecule has 1 atom stereocenters. The van der Waals surface area contributed by atoms with Crippen LogP contribution in [0.3, 0.4) is 0 Å². The number of carboxylic acids is 1. The molecule has 1 N–H and O–H groups in total. The third kappa shape index (κ3) is 5.77. The number of carbonyl (C=O) groups is 1. The largest absolute Gasteiger partial charge is 0.478 e. The molecule has 6 rings (SSSR count). The van der Waals surface area contributed by atoms with Gasteiger partial charge in [0.05, 0.1) is 41.5 Å². The average molecular weight is 618 g/mol. The number of aromatic nitrogens is 3. The van der Waals surface area contributed by atoms with E-state index in [4.69, 9.17) is 26.1 Å². The maximum absolute atomic E-state index is 15.7. The van der Waals surface area contributed by atoms with Crippen LogP contribution in [0.1, 0.15) is 52.8 Å². The Morgan fingerprint density at radius 2 is 1.91 bits per heavy atom. The van der Waals surface area contributed by atoms with Gasteiger partial charge in [-0.2, -0.15) is 0 Å². The molecule has 2 aromatic heterocycles. The molecule has 44 heavy (non-hydrogen) atoms. The molecule has 0 aliphatic carbocycles. The average Bonchev–Trinajstić information content (AvgIpc) is 3.52. The highest BCUT2D eigenvalue weighted by atomic mass is 35.5. The number of hydrogen-bond acceptors (Lipinski definition) is 5. The lowest BCUT2D eigenvalue weighted by Crippen LogP contribution is -2.27. The molecule has 226 valence electrons. The van der Waals surface area contributed by atoms with Gasteiger partial charge in [-0.05, 0) is 66.1 Å². The number of aryl methyl sites for hydroxylation is 1. The Labute approximate surface area is 258 Å². The Balaban J connectivity index is 1.31. The van der Waals surface area contributed by atoms with Crippen LogP contribution >= 0.6 is 11.6 Å². The van der Waals surface area contributed by atoms with Gasteiger partial charge in [0.2, 0.25) is 5.88 Å². The summed E-state index contributed by atoms with van der Waals surface area (Å²) in [6.45, 7) is 7.12. The SMILES string of the molecule is Cc1ccc(COc2cccc(-c3cc(F)c(Cc4nc5ccc(C(=O)O)cc5n4C4COCC4(C)C)cc3F)n2)cc1Cl. The van der Waals surface area contributed by atoms with Gasteiger partial charge in [-0.25, -0.2) is 23.5 Å². The second-order valence-electron chi connectivity index (χ2n) is 11.8. The van der Waals surface area contributed by atoms with Crippen LogP contribution in [0.5, 0.6) is 5.88 Å². The Morgan fingerprint density at radius 1 is 1.09 bits per heavy atom. The van der Waals surface area contributed by atoms with Crippen LogP contribution in [0.15, 0.2) is 66.7 Å². The first-order valence-electron chi connectivity index (χ1n) is 14.2. The van der Waals surface area contributed by atoms with Crippen molar-refractivity contribution >= 4 is 28.6 Å². The fourth-order valence-corrected chi connectivity index (χ4v) is 5.75. The first kappa shape index (κ1) is 29.7. The maximum Gasteiger partial charge on any atom is 0.335 e. The molecule has 7 nitrogen and oxygen atoms in total. The summed E-state index contributed by atoms with van der Waals surface area (Å²) in [5.41, 5.74) is 3.15. The van der Waals surface area contributed by atoms with Gasteiger partial charge in [0.15, 0.2) is 0 Å². The van der Waals surface area contributed by atoms with E-state index in [0.717, 1.165) is 23.3 Å². The van der Waals surface area contributed by atoms with Crippen LogP contribution in [0.4, 0.5) is 8.78 Å². The molecule has 10 heteroatoms. The van der Waals surface area contributed by atoms with E-state index in [1.807, 2.05) is 29.7 Å². The van der Waals surface area contributed by atoms with Gasteiger partial charge >= 0.3 is 5.97 Å². The van der Waals surface area contributed by atoms with E-state index in [0.29, 0.717) is 35.1 Å². The van der Waals surface area contributed by atoms with E-state index in [1.165, 1.54) is 6.07 Å². The van der Waals surface area contributed by atoms with Crippen LogP contribution in [0.2, 0.25) is 5.02 Å². The van der Waals surface area contributed by atoms with Crippen LogP contribution in [-0.4, -0.2) is 38.8 Å². The van der Waals surface area contributed by atoms with Crippen LogP contribution < -0.4 is 4.74 Å². The Bertz CT molecular complexity index is 1910. The first-order valence-corrected chi connectivity index (χ1v) is 14.5. The molecule has 0 amide bonds. The Hall–Kier alpha value is -4.34. The fourth-order valence-electron chi connectivity index (χ4n) is 5.55. The van der Waals surface area contributed by atoms with Crippen LogP contribution in [-0.2, 0) is 17.8 Å². The van der Waals surface area contributed by atoms with Gasteiger partial charge in [0.1, 0.15) is 24.1 Å². The Morgan fingerprint density at radius 3 is 2.64 bits per heavy atom. The maximum atomic E-state index is 15.7. The molecule has 1 aliphatic rings. The lowest BCUT2D eigenvalue weighted by molar-refractivity contribution is 0.0697. The lowest BCUT2D eigenvalue weighted by atomic mass is 9.87. The normalized spacial score (nSPS) is 16.0. The second-order valence-corrected chi connectivity index (χ2v) is 12.2. The van der Waals surface area contributed by atoms with Gasteiger partial charge in [-0.15, -0.1) is 0 Å². The summed E-state index contributed by atoms with van der Waals surface area (Å²) in [6.07, 6.45) is -0.0115. The van der Waals surface area contributed by atoms with Gasteiger partial charge in [-0.1, -0.05) is 43.6 Å². The molecule has 3 heterocycles. The van der Waals surface area contributed by atoms with Crippen LogP contribution in [0, 0.1) is 24.0 Å².